The Balaban J connectivity index is 2.12. The topological polar surface area (TPSA) is 0 Å². The van der Waals surface area contributed by atoms with Gasteiger partial charge in [0.05, 0.1) is 0 Å². The highest BCUT2D eigenvalue weighted by molar-refractivity contribution is 5.34. The predicted octanol–water partition coefficient (Wildman–Crippen LogP) is 1.13. The fourth-order valence-corrected chi connectivity index (χ4v) is 3.44. The third-order valence-electron chi connectivity index (χ3n) is 3.69. The lowest BCUT2D eigenvalue weighted by molar-refractivity contribution is 0.434. The Morgan fingerprint density at radius 1 is 1.14 bits per heavy atom. The smallest absolute Gasteiger partial charge is 0.0312 e. The van der Waals surface area contributed by atoms with Gasteiger partial charge in [0.1, 0.15) is 0 Å². The highest BCUT2D eigenvalue weighted by Crippen LogP contribution is 2.92. The summed E-state index contributed by atoms with van der Waals surface area (Å²) >= 11 is 0. The molecule has 0 N–H and O–H groups in total. The van der Waals surface area contributed by atoms with Gasteiger partial charge >= 0.3 is 0 Å². The van der Waals surface area contributed by atoms with Crippen LogP contribution in [-0.4, -0.2) is 0 Å². The quantitative estimate of drug-likeness (QED) is 0.421. The van der Waals surface area contributed by atoms with E-state index in [0.717, 1.165) is 29.6 Å². The van der Waals surface area contributed by atoms with Crippen LogP contribution in [-0.2, 0) is 0 Å². The second kappa shape index (κ2) is 0.416. The lowest BCUT2D eigenvalue weighted by Crippen LogP contribution is -2.00. The third-order valence-corrected chi connectivity index (χ3v) is 3.69. The molecule has 5 aliphatic rings. The lowest BCUT2D eigenvalue weighted by Gasteiger charge is -2.03. The van der Waals surface area contributed by atoms with Crippen molar-refractivity contribution >= 4 is 0 Å². The molecule has 0 heteroatoms. The molecule has 2 bridgehead atoms. The van der Waals surface area contributed by atoms with E-state index < -0.39 is 0 Å². The molecular formula is C7H8. The molecule has 6 atom stereocenters. The van der Waals surface area contributed by atoms with Gasteiger partial charge in [0.15, 0.2) is 0 Å². The van der Waals surface area contributed by atoms with Crippen molar-refractivity contribution in [3.8, 4) is 0 Å². The molecule has 6 unspecified atom stereocenters. The second-order valence-electron chi connectivity index (χ2n) is 3.63. The molecule has 5 fully saturated rings. The van der Waals surface area contributed by atoms with E-state index in [9.17, 15) is 0 Å². The molecule has 5 saturated carbocycles. The van der Waals surface area contributed by atoms with Crippen molar-refractivity contribution in [3.05, 3.63) is 0 Å². The monoisotopic (exact) mass is 93.1 g/mol. The SMILES string of the molecule is [2H]C12C3CC4C(C41)C32. The molecule has 0 nitrogen and oxygen atoms in total. The van der Waals surface area contributed by atoms with Crippen molar-refractivity contribution in [3.63, 3.8) is 0 Å². The van der Waals surface area contributed by atoms with E-state index in [1.807, 2.05) is 0 Å². The molecule has 0 aliphatic heterocycles. The molecule has 0 heterocycles. The van der Waals surface area contributed by atoms with Crippen LogP contribution in [0.3, 0.4) is 0 Å². The first-order chi connectivity index (χ1) is 3.85. The van der Waals surface area contributed by atoms with Gasteiger partial charge in [0, 0.05) is 1.37 Å². The van der Waals surface area contributed by atoms with Gasteiger partial charge in [-0.3, -0.25) is 0 Å². The third kappa shape index (κ3) is 0.0938. The second-order valence-corrected chi connectivity index (χ2v) is 3.63. The van der Waals surface area contributed by atoms with E-state index in [2.05, 4.69) is 0 Å². The summed E-state index contributed by atoms with van der Waals surface area (Å²) in [6, 6.07) is 0. The van der Waals surface area contributed by atoms with Crippen LogP contribution < -0.4 is 0 Å². The van der Waals surface area contributed by atoms with Gasteiger partial charge in [0.25, 0.3) is 0 Å². The molecule has 7 heavy (non-hydrogen) atoms. The first-order valence-corrected chi connectivity index (χ1v) is 3.35. The number of rotatable bonds is 0. The van der Waals surface area contributed by atoms with Crippen LogP contribution in [0.25, 0.3) is 0 Å². The Morgan fingerprint density at radius 2 is 2.00 bits per heavy atom. The van der Waals surface area contributed by atoms with Crippen molar-refractivity contribution in [2.75, 3.05) is 0 Å². The summed E-state index contributed by atoms with van der Waals surface area (Å²) in [7, 11) is 0. The molecule has 0 saturated heterocycles. The van der Waals surface area contributed by atoms with Crippen molar-refractivity contribution in [1.82, 2.24) is 0 Å². The maximum atomic E-state index is 7.84. The van der Waals surface area contributed by atoms with Crippen molar-refractivity contribution in [2.45, 2.75) is 6.42 Å². The zero-order valence-corrected chi connectivity index (χ0v) is 4.09. The molecule has 36 valence electrons. The van der Waals surface area contributed by atoms with Gasteiger partial charge in [-0.2, -0.15) is 0 Å². The lowest BCUT2D eigenvalue weighted by atomic mass is 10.0. The van der Waals surface area contributed by atoms with E-state index in [-0.39, 0.29) is 5.89 Å². The zero-order chi connectivity index (χ0) is 5.09. The van der Waals surface area contributed by atoms with Crippen LogP contribution in [0.5, 0.6) is 0 Å². The van der Waals surface area contributed by atoms with Crippen LogP contribution in [0.1, 0.15) is 7.79 Å². The summed E-state index contributed by atoms with van der Waals surface area (Å²) in [5.41, 5.74) is 0. The van der Waals surface area contributed by atoms with Crippen LogP contribution in [0.15, 0.2) is 0 Å². The zero-order valence-electron chi connectivity index (χ0n) is 5.09. The van der Waals surface area contributed by atoms with Crippen LogP contribution in [0, 0.1) is 35.5 Å². The average molecular weight is 93.1 g/mol. The minimum atomic E-state index is 0.204. The van der Waals surface area contributed by atoms with E-state index in [4.69, 9.17) is 1.37 Å². The molecule has 0 aromatic heterocycles. The van der Waals surface area contributed by atoms with E-state index >= 15 is 0 Å². The summed E-state index contributed by atoms with van der Waals surface area (Å²) in [5, 5.41) is 0. The molecule has 0 aromatic rings. The Kier molecular flexibility index (Phi) is 0.124. The summed E-state index contributed by atoms with van der Waals surface area (Å²) in [4.78, 5) is 0. The normalized spacial score (nSPS) is 109. The van der Waals surface area contributed by atoms with Crippen molar-refractivity contribution in [1.29, 1.82) is 0 Å². The first kappa shape index (κ1) is 2.08. The molecule has 5 rings (SSSR count). The number of hydrogen-bond acceptors (Lipinski definition) is 0. The average Bonchev–Trinajstić information content (AvgIpc) is 2.37. The van der Waals surface area contributed by atoms with E-state index in [1.54, 1.807) is 0 Å². The maximum Gasteiger partial charge on any atom is 0.0312 e. The largest absolute Gasteiger partial charge is 0.0464 e. The highest BCUT2D eigenvalue weighted by atomic mass is 14.9. The first-order valence-electron chi connectivity index (χ1n) is 3.85. The molecule has 0 radical (unpaired) electrons. The van der Waals surface area contributed by atoms with Gasteiger partial charge < -0.3 is 0 Å². The summed E-state index contributed by atoms with van der Waals surface area (Å²) in [6.45, 7) is 0. The van der Waals surface area contributed by atoms with Crippen molar-refractivity contribution in [2.24, 2.45) is 35.5 Å². The van der Waals surface area contributed by atoms with Gasteiger partial charge in [0.2, 0.25) is 0 Å². The Morgan fingerprint density at radius 3 is 2.14 bits per heavy atom. The Labute approximate surface area is 44.3 Å². The van der Waals surface area contributed by atoms with Crippen molar-refractivity contribution < 1.29 is 1.37 Å². The van der Waals surface area contributed by atoms with E-state index in [0.29, 0.717) is 0 Å². The summed E-state index contributed by atoms with van der Waals surface area (Å²) in [6.07, 6.45) is 1.45. The Hall–Kier alpha value is 0. The minimum absolute atomic E-state index is 0.204. The highest BCUT2D eigenvalue weighted by Gasteiger charge is 2.87. The molecule has 5 aliphatic carbocycles. The minimum Gasteiger partial charge on any atom is -0.0464 e. The molecule has 0 amide bonds. The molecule has 0 spiro atoms. The maximum absolute atomic E-state index is 7.84. The molecular weight excluding hydrogens is 84.1 g/mol. The van der Waals surface area contributed by atoms with Gasteiger partial charge in [-0.1, -0.05) is 0 Å². The molecule has 0 aromatic carbocycles. The fraction of sp³-hybridized carbons (Fsp3) is 1.00. The van der Waals surface area contributed by atoms with Gasteiger partial charge in [-0.25, -0.2) is 0 Å². The van der Waals surface area contributed by atoms with Gasteiger partial charge in [-0.15, -0.1) is 0 Å². The van der Waals surface area contributed by atoms with E-state index in [1.165, 1.54) is 6.42 Å². The summed E-state index contributed by atoms with van der Waals surface area (Å²) in [5.74, 6) is 5.13. The Bertz CT molecular complexity index is 180. The fourth-order valence-electron chi connectivity index (χ4n) is 3.44. The van der Waals surface area contributed by atoms with Crippen LogP contribution >= 0.6 is 0 Å². The van der Waals surface area contributed by atoms with Crippen LogP contribution in [0.2, 0.25) is 0 Å². The predicted molar refractivity (Wildman–Crippen MR) is 25.6 cm³/mol. The van der Waals surface area contributed by atoms with Crippen LogP contribution in [0.4, 0.5) is 0 Å². The number of hydrogen-bond donors (Lipinski definition) is 0. The standard InChI is InChI=1S/C7H8/c1-2-4-5(2)7-3(1)6(4)7/h2-7H,1H2/i4D. The van der Waals surface area contributed by atoms with Gasteiger partial charge in [-0.05, 0) is 41.9 Å². The summed E-state index contributed by atoms with van der Waals surface area (Å²) < 4.78 is 7.84.